The molecule has 1 N–H and O–H groups in total. The van der Waals surface area contributed by atoms with Crippen molar-refractivity contribution in [1.29, 1.82) is 0 Å². The first-order chi connectivity index (χ1) is 9.67. The number of rotatable bonds is 2. The summed E-state index contributed by atoms with van der Waals surface area (Å²) in [5.74, 6) is 1.33. The van der Waals surface area contributed by atoms with Gasteiger partial charge in [-0.1, -0.05) is 38.0 Å². The van der Waals surface area contributed by atoms with Crippen molar-refractivity contribution in [3.63, 3.8) is 0 Å². The van der Waals surface area contributed by atoms with Crippen LogP contribution in [0.1, 0.15) is 45.4 Å². The molecule has 3 rings (SSSR count). The molecular weight excluding hydrogens is 246 g/mol. The highest BCUT2D eigenvalue weighted by Crippen LogP contribution is 2.41. The number of nitrogens with zero attached hydrogens (tertiary/aromatic N) is 1. The maximum absolute atomic E-state index is 11.1. The van der Waals surface area contributed by atoms with Gasteiger partial charge in [0.1, 0.15) is 0 Å². The van der Waals surface area contributed by atoms with Gasteiger partial charge in [-0.05, 0) is 49.7 Å². The fourth-order valence-electron chi connectivity index (χ4n) is 4.12. The second-order valence-corrected chi connectivity index (χ2v) is 6.89. The SMILES string of the molecule is CC1CCCC(C2(O)CCN(c3ccccc3)CC2)C1. The number of aliphatic hydroxyl groups is 1. The molecule has 0 radical (unpaired) electrons. The lowest BCUT2D eigenvalue weighted by atomic mass is 9.69. The zero-order valence-electron chi connectivity index (χ0n) is 12.6. The molecule has 2 nitrogen and oxygen atoms in total. The Bertz CT molecular complexity index is 422. The zero-order valence-corrected chi connectivity index (χ0v) is 12.6. The summed E-state index contributed by atoms with van der Waals surface area (Å²) in [5.41, 5.74) is 0.895. The minimum absolute atomic E-state index is 0.403. The van der Waals surface area contributed by atoms with Crippen LogP contribution in [0.3, 0.4) is 0 Å². The van der Waals surface area contributed by atoms with Gasteiger partial charge in [0.25, 0.3) is 0 Å². The van der Waals surface area contributed by atoms with Gasteiger partial charge in [0, 0.05) is 18.8 Å². The van der Waals surface area contributed by atoms with E-state index in [0.717, 1.165) is 31.8 Å². The maximum atomic E-state index is 11.1. The summed E-state index contributed by atoms with van der Waals surface area (Å²) in [6.07, 6.45) is 6.96. The average molecular weight is 273 g/mol. The fourth-order valence-corrected chi connectivity index (χ4v) is 4.12. The molecule has 0 aromatic heterocycles. The normalized spacial score (nSPS) is 30.2. The van der Waals surface area contributed by atoms with Gasteiger partial charge < -0.3 is 10.0 Å². The van der Waals surface area contributed by atoms with Crippen LogP contribution < -0.4 is 4.90 Å². The molecule has 1 saturated carbocycles. The molecule has 1 aromatic rings. The minimum atomic E-state index is -0.403. The van der Waals surface area contributed by atoms with Crippen molar-refractivity contribution < 1.29 is 5.11 Å². The van der Waals surface area contributed by atoms with Crippen LogP contribution in [0.5, 0.6) is 0 Å². The van der Waals surface area contributed by atoms with Crippen molar-refractivity contribution in [2.75, 3.05) is 18.0 Å². The lowest BCUT2D eigenvalue weighted by Gasteiger charge is -2.46. The highest BCUT2D eigenvalue weighted by atomic mass is 16.3. The van der Waals surface area contributed by atoms with Crippen molar-refractivity contribution in [1.82, 2.24) is 0 Å². The van der Waals surface area contributed by atoms with Gasteiger partial charge in [-0.15, -0.1) is 0 Å². The summed E-state index contributed by atoms with van der Waals surface area (Å²) in [7, 11) is 0. The van der Waals surface area contributed by atoms with Crippen molar-refractivity contribution in [2.45, 2.75) is 51.0 Å². The number of hydrogen-bond acceptors (Lipinski definition) is 2. The first kappa shape index (κ1) is 13.9. The van der Waals surface area contributed by atoms with Gasteiger partial charge in [0.2, 0.25) is 0 Å². The monoisotopic (exact) mass is 273 g/mol. The van der Waals surface area contributed by atoms with Crippen molar-refractivity contribution in [3.8, 4) is 0 Å². The summed E-state index contributed by atoms with van der Waals surface area (Å²) in [6, 6.07) is 10.6. The molecule has 0 bridgehead atoms. The largest absolute Gasteiger partial charge is 0.389 e. The van der Waals surface area contributed by atoms with Crippen LogP contribution in [-0.2, 0) is 0 Å². The predicted octanol–water partition coefficient (Wildman–Crippen LogP) is 3.84. The number of benzene rings is 1. The van der Waals surface area contributed by atoms with E-state index in [1.807, 2.05) is 0 Å². The summed E-state index contributed by atoms with van der Waals surface area (Å²) in [5, 5.41) is 11.1. The molecule has 1 heterocycles. The van der Waals surface area contributed by atoms with E-state index in [9.17, 15) is 5.11 Å². The van der Waals surface area contributed by atoms with Crippen molar-refractivity contribution in [2.24, 2.45) is 11.8 Å². The van der Waals surface area contributed by atoms with Gasteiger partial charge in [-0.3, -0.25) is 0 Å². The lowest BCUT2D eigenvalue weighted by Crippen LogP contribution is -2.50. The average Bonchev–Trinajstić information content (AvgIpc) is 2.49. The van der Waals surface area contributed by atoms with E-state index in [-0.39, 0.29) is 0 Å². The van der Waals surface area contributed by atoms with E-state index in [2.05, 4.69) is 42.2 Å². The molecule has 2 atom stereocenters. The fraction of sp³-hybridized carbons (Fsp3) is 0.667. The summed E-state index contributed by atoms with van der Waals surface area (Å²) >= 11 is 0. The van der Waals surface area contributed by atoms with E-state index in [1.165, 1.54) is 31.4 Å². The summed E-state index contributed by atoms with van der Waals surface area (Å²) in [6.45, 7) is 4.32. The smallest absolute Gasteiger partial charge is 0.0709 e. The molecule has 110 valence electrons. The van der Waals surface area contributed by atoms with E-state index >= 15 is 0 Å². The van der Waals surface area contributed by atoms with Crippen LogP contribution in [-0.4, -0.2) is 23.8 Å². The van der Waals surface area contributed by atoms with Gasteiger partial charge in [-0.25, -0.2) is 0 Å². The lowest BCUT2D eigenvalue weighted by molar-refractivity contribution is -0.0579. The number of anilines is 1. The van der Waals surface area contributed by atoms with E-state index < -0.39 is 5.60 Å². The molecule has 1 saturated heterocycles. The Hall–Kier alpha value is -1.02. The second kappa shape index (κ2) is 5.77. The summed E-state index contributed by atoms with van der Waals surface area (Å²) in [4.78, 5) is 2.42. The highest BCUT2D eigenvalue weighted by molar-refractivity contribution is 5.46. The van der Waals surface area contributed by atoms with Gasteiger partial charge in [-0.2, -0.15) is 0 Å². The number of para-hydroxylation sites is 1. The molecule has 0 spiro atoms. The van der Waals surface area contributed by atoms with Crippen LogP contribution in [0.2, 0.25) is 0 Å². The van der Waals surface area contributed by atoms with E-state index in [1.54, 1.807) is 0 Å². The van der Waals surface area contributed by atoms with E-state index in [0.29, 0.717) is 5.92 Å². The quantitative estimate of drug-likeness (QED) is 0.885. The molecule has 2 fully saturated rings. The molecule has 1 aliphatic carbocycles. The van der Waals surface area contributed by atoms with Gasteiger partial charge >= 0.3 is 0 Å². The third-order valence-electron chi connectivity index (χ3n) is 5.45. The first-order valence-electron chi connectivity index (χ1n) is 8.20. The molecule has 1 aromatic carbocycles. The van der Waals surface area contributed by atoms with Crippen LogP contribution in [0, 0.1) is 11.8 Å². The third-order valence-corrected chi connectivity index (χ3v) is 5.45. The van der Waals surface area contributed by atoms with Crippen LogP contribution in [0.25, 0.3) is 0 Å². The Morgan fingerprint density at radius 2 is 1.80 bits per heavy atom. The van der Waals surface area contributed by atoms with Crippen LogP contribution >= 0.6 is 0 Å². The topological polar surface area (TPSA) is 23.5 Å². The first-order valence-corrected chi connectivity index (χ1v) is 8.20. The molecule has 0 amide bonds. The predicted molar refractivity (Wildman–Crippen MR) is 84.0 cm³/mol. The van der Waals surface area contributed by atoms with Crippen molar-refractivity contribution >= 4 is 5.69 Å². The number of piperidine rings is 1. The molecule has 1 aliphatic heterocycles. The molecule has 20 heavy (non-hydrogen) atoms. The third kappa shape index (κ3) is 2.85. The maximum Gasteiger partial charge on any atom is 0.0709 e. The zero-order chi connectivity index (χ0) is 14.0. The summed E-state index contributed by atoms with van der Waals surface area (Å²) < 4.78 is 0. The highest BCUT2D eigenvalue weighted by Gasteiger charge is 2.41. The Kier molecular flexibility index (Phi) is 4.02. The Labute approximate surface area is 122 Å². The molecule has 2 heteroatoms. The Morgan fingerprint density at radius 1 is 1.10 bits per heavy atom. The molecule has 2 unspecified atom stereocenters. The Balaban J connectivity index is 1.62. The standard InChI is InChI=1S/C18H27NO/c1-15-6-5-7-16(14-15)18(20)10-12-19(13-11-18)17-8-3-2-4-9-17/h2-4,8-9,15-16,20H,5-7,10-14H2,1H3. The number of hydrogen-bond donors (Lipinski definition) is 1. The second-order valence-electron chi connectivity index (χ2n) is 6.89. The minimum Gasteiger partial charge on any atom is -0.389 e. The van der Waals surface area contributed by atoms with E-state index in [4.69, 9.17) is 0 Å². The van der Waals surface area contributed by atoms with Crippen molar-refractivity contribution in [3.05, 3.63) is 30.3 Å². The molecular formula is C18H27NO. The molecule has 2 aliphatic rings. The van der Waals surface area contributed by atoms with Gasteiger partial charge in [0.05, 0.1) is 5.60 Å². The van der Waals surface area contributed by atoms with Crippen LogP contribution in [0.15, 0.2) is 30.3 Å². The van der Waals surface area contributed by atoms with Gasteiger partial charge in [0.15, 0.2) is 0 Å². The Morgan fingerprint density at radius 3 is 2.45 bits per heavy atom. The van der Waals surface area contributed by atoms with Crippen LogP contribution in [0.4, 0.5) is 5.69 Å².